The average Bonchev–Trinajstić information content (AvgIpc) is 2.74. The van der Waals surface area contributed by atoms with Gasteiger partial charge in [0.25, 0.3) is 5.91 Å². The number of aliphatic hydroxyl groups excluding tert-OH is 1. The van der Waals surface area contributed by atoms with Crippen molar-refractivity contribution in [3.8, 4) is 5.75 Å². The lowest BCUT2D eigenvalue weighted by atomic mass is 9.89. The van der Waals surface area contributed by atoms with Crippen molar-refractivity contribution in [1.29, 1.82) is 0 Å². The van der Waals surface area contributed by atoms with Crippen LogP contribution in [-0.4, -0.2) is 42.7 Å². The minimum absolute atomic E-state index is 0.339. The summed E-state index contributed by atoms with van der Waals surface area (Å²) >= 11 is 0. The lowest BCUT2D eigenvalue weighted by Crippen LogP contribution is -2.50. The molecule has 0 unspecified atom stereocenters. The third kappa shape index (κ3) is 5.82. The van der Waals surface area contributed by atoms with Crippen LogP contribution in [0.4, 0.5) is 0 Å². The van der Waals surface area contributed by atoms with E-state index >= 15 is 0 Å². The molecule has 1 atom stereocenters. The second-order valence-electron chi connectivity index (χ2n) is 7.75. The highest BCUT2D eigenvalue weighted by molar-refractivity contribution is 5.88. The fourth-order valence-corrected chi connectivity index (χ4v) is 3.73. The molecule has 1 aliphatic rings. The van der Waals surface area contributed by atoms with Gasteiger partial charge < -0.3 is 24.9 Å². The smallest absolute Gasteiger partial charge is 0.336 e. The van der Waals surface area contributed by atoms with Crippen LogP contribution in [0.3, 0.4) is 0 Å². The van der Waals surface area contributed by atoms with Gasteiger partial charge in [0.05, 0.1) is 6.61 Å². The van der Waals surface area contributed by atoms with Crippen molar-refractivity contribution < 1.29 is 23.8 Å². The van der Waals surface area contributed by atoms with Crippen LogP contribution >= 0.6 is 0 Å². The molecule has 0 saturated heterocycles. The van der Waals surface area contributed by atoms with Crippen molar-refractivity contribution in [2.75, 3.05) is 19.8 Å². The minimum Gasteiger partial charge on any atom is -0.484 e. The first-order valence-corrected chi connectivity index (χ1v) is 10.3. The molecule has 30 heavy (non-hydrogen) atoms. The number of carbonyl (C=O) groups excluding carboxylic acids is 2. The second kappa shape index (κ2) is 10.2. The maximum atomic E-state index is 12.3. The number of aryl methyl sites for hydroxylation is 1. The summed E-state index contributed by atoms with van der Waals surface area (Å²) in [6.45, 7) is 1.53. The van der Waals surface area contributed by atoms with Crippen LogP contribution in [0.1, 0.15) is 37.7 Å². The van der Waals surface area contributed by atoms with Crippen molar-refractivity contribution in [2.24, 2.45) is 5.92 Å². The van der Waals surface area contributed by atoms with Crippen molar-refractivity contribution in [3.05, 3.63) is 40.2 Å². The largest absolute Gasteiger partial charge is 0.484 e. The number of nitrogens with one attached hydrogen (secondary N) is 2. The Morgan fingerprint density at radius 2 is 2.00 bits per heavy atom. The highest BCUT2D eigenvalue weighted by Crippen LogP contribution is 2.23. The van der Waals surface area contributed by atoms with Crippen molar-refractivity contribution in [2.45, 2.75) is 45.1 Å². The molecule has 1 aromatic carbocycles. The summed E-state index contributed by atoms with van der Waals surface area (Å²) in [5.41, 5.74) is 0.698. The molecule has 0 spiro atoms. The summed E-state index contributed by atoms with van der Waals surface area (Å²) in [6, 6.07) is 5.34. The molecule has 2 aromatic rings. The second-order valence-corrected chi connectivity index (χ2v) is 7.75. The maximum Gasteiger partial charge on any atom is 0.336 e. The zero-order valence-electron chi connectivity index (χ0n) is 17.1. The third-order valence-electron chi connectivity index (χ3n) is 5.42. The Labute approximate surface area is 174 Å². The number of carbonyl (C=O) groups is 2. The molecule has 8 heteroatoms. The summed E-state index contributed by atoms with van der Waals surface area (Å²) in [6.07, 6.45) is 5.78. The van der Waals surface area contributed by atoms with Crippen LogP contribution in [0.2, 0.25) is 0 Å². The molecule has 1 aliphatic carbocycles. The van der Waals surface area contributed by atoms with Crippen LogP contribution in [0.15, 0.2) is 33.5 Å². The number of fused-ring (bicyclic) bond motifs is 1. The molecule has 1 fully saturated rings. The SMILES string of the molecule is Cc1cc(=O)oc2cc(OCC(=O)N[C@@H](CO)C(=O)NCC3CCCCC3)ccc12. The van der Waals surface area contributed by atoms with E-state index in [1.807, 2.05) is 6.92 Å². The van der Waals surface area contributed by atoms with Gasteiger partial charge in [-0.2, -0.15) is 0 Å². The first-order chi connectivity index (χ1) is 14.5. The third-order valence-corrected chi connectivity index (χ3v) is 5.42. The monoisotopic (exact) mass is 416 g/mol. The number of benzene rings is 1. The van der Waals surface area contributed by atoms with Gasteiger partial charge in [0.2, 0.25) is 5.91 Å². The van der Waals surface area contributed by atoms with Gasteiger partial charge in [-0.05, 0) is 43.4 Å². The van der Waals surface area contributed by atoms with Gasteiger partial charge in [-0.15, -0.1) is 0 Å². The maximum absolute atomic E-state index is 12.3. The van der Waals surface area contributed by atoms with Crippen LogP contribution < -0.4 is 21.0 Å². The molecule has 3 rings (SSSR count). The standard InChI is InChI=1S/C22H28N2O6/c1-14-9-21(27)30-19-10-16(7-8-17(14)19)29-13-20(26)24-18(12-25)22(28)23-11-15-5-3-2-4-6-15/h7-10,15,18,25H,2-6,11-13H2,1H3,(H,23,28)(H,24,26)/t18-/m0/s1. The summed E-state index contributed by atoms with van der Waals surface area (Å²) in [5, 5.41) is 15.6. The Balaban J connectivity index is 1.50. The van der Waals surface area contributed by atoms with E-state index in [0.29, 0.717) is 23.8 Å². The van der Waals surface area contributed by atoms with Gasteiger partial charge in [-0.25, -0.2) is 4.79 Å². The van der Waals surface area contributed by atoms with E-state index in [1.165, 1.54) is 31.4 Å². The van der Waals surface area contributed by atoms with Crippen LogP contribution in [0, 0.1) is 12.8 Å². The van der Waals surface area contributed by atoms with E-state index in [0.717, 1.165) is 23.8 Å². The van der Waals surface area contributed by atoms with Crippen molar-refractivity contribution in [3.63, 3.8) is 0 Å². The highest BCUT2D eigenvalue weighted by atomic mass is 16.5. The molecule has 1 heterocycles. The first-order valence-electron chi connectivity index (χ1n) is 10.3. The van der Waals surface area contributed by atoms with E-state index in [1.54, 1.807) is 12.1 Å². The number of amides is 2. The Hall–Kier alpha value is -2.87. The summed E-state index contributed by atoms with van der Waals surface area (Å²) in [5.74, 6) is -0.126. The molecule has 0 bridgehead atoms. The van der Waals surface area contributed by atoms with Crippen molar-refractivity contribution >= 4 is 22.8 Å². The van der Waals surface area contributed by atoms with Gasteiger partial charge in [-0.3, -0.25) is 9.59 Å². The predicted octanol–water partition coefficient (Wildman–Crippen LogP) is 1.65. The van der Waals surface area contributed by atoms with Gasteiger partial charge in [0.15, 0.2) is 6.61 Å². The van der Waals surface area contributed by atoms with Gasteiger partial charge in [0.1, 0.15) is 17.4 Å². The van der Waals surface area contributed by atoms with Crippen molar-refractivity contribution in [1.82, 2.24) is 10.6 Å². The molecule has 162 valence electrons. The molecule has 1 saturated carbocycles. The first kappa shape index (κ1) is 21.8. The van der Waals surface area contributed by atoms with Crippen LogP contribution in [-0.2, 0) is 9.59 Å². The molecule has 3 N–H and O–H groups in total. The van der Waals surface area contributed by atoms with E-state index in [4.69, 9.17) is 9.15 Å². The highest BCUT2D eigenvalue weighted by Gasteiger charge is 2.22. The number of hydrogen-bond acceptors (Lipinski definition) is 6. The summed E-state index contributed by atoms with van der Waals surface area (Å²) in [7, 11) is 0. The van der Waals surface area contributed by atoms with Gasteiger partial charge >= 0.3 is 5.63 Å². The van der Waals surface area contributed by atoms with Crippen LogP contribution in [0.25, 0.3) is 11.0 Å². The van der Waals surface area contributed by atoms with E-state index < -0.39 is 30.1 Å². The molecular weight excluding hydrogens is 388 g/mol. The Bertz CT molecular complexity index is 948. The quantitative estimate of drug-likeness (QED) is 0.563. The Morgan fingerprint density at radius 3 is 2.73 bits per heavy atom. The lowest BCUT2D eigenvalue weighted by Gasteiger charge is -2.23. The zero-order valence-corrected chi connectivity index (χ0v) is 17.1. The number of hydrogen-bond donors (Lipinski definition) is 3. The van der Waals surface area contributed by atoms with E-state index in [-0.39, 0.29) is 6.61 Å². The summed E-state index contributed by atoms with van der Waals surface area (Å²) < 4.78 is 10.6. The Morgan fingerprint density at radius 1 is 1.23 bits per heavy atom. The molecule has 0 radical (unpaired) electrons. The normalized spacial score (nSPS) is 15.5. The summed E-state index contributed by atoms with van der Waals surface area (Å²) in [4.78, 5) is 36.0. The van der Waals surface area contributed by atoms with Gasteiger partial charge in [0, 0.05) is 24.1 Å². The molecule has 8 nitrogen and oxygen atoms in total. The number of ether oxygens (including phenoxy) is 1. The molecule has 1 aromatic heterocycles. The fourth-order valence-electron chi connectivity index (χ4n) is 3.73. The average molecular weight is 416 g/mol. The van der Waals surface area contributed by atoms with Crippen LogP contribution in [0.5, 0.6) is 5.75 Å². The minimum atomic E-state index is -1.03. The zero-order chi connectivity index (χ0) is 21.5. The predicted molar refractivity (Wildman–Crippen MR) is 111 cm³/mol. The Kier molecular flexibility index (Phi) is 7.46. The lowest BCUT2D eigenvalue weighted by molar-refractivity contribution is -0.131. The molecular formula is C22H28N2O6. The molecule has 0 aliphatic heterocycles. The number of rotatable bonds is 8. The fraction of sp³-hybridized carbons (Fsp3) is 0.500. The molecule has 2 amide bonds. The van der Waals surface area contributed by atoms with Gasteiger partial charge in [-0.1, -0.05) is 19.3 Å². The number of aliphatic hydroxyl groups is 1. The van der Waals surface area contributed by atoms with E-state index in [9.17, 15) is 19.5 Å². The van der Waals surface area contributed by atoms with E-state index in [2.05, 4.69) is 10.6 Å². The topological polar surface area (TPSA) is 118 Å².